The number of fused-ring (bicyclic) bond motifs is 1. The zero-order valence-corrected chi connectivity index (χ0v) is 10.5. The number of H-pyrrole nitrogens is 1. The van der Waals surface area contributed by atoms with Gasteiger partial charge in [0.1, 0.15) is 0 Å². The van der Waals surface area contributed by atoms with Crippen LogP contribution < -0.4 is 5.32 Å². The van der Waals surface area contributed by atoms with E-state index in [4.69, 9.17) is 0 Å². The van der Waals surface area contributed by atoms with Crippen LogP contribution in [-0.2, 0) is 0 Å². The van der Waals surface area contributed by atoms with Crippen molar-refractivity contribution in [3.63, 3.8) is 0 Å². The molecule has 0 aliphatic heterocycles. The Bertz CT molecular complexity index is 695. The first kappa shape index (κ1) is 11.5. The van der Waals surface area contributed by atoms with Gasteiger partial charge in [0.05, 0.1) is 11.0 Å². The summed E-state index contributed by atoms with van der Waals surface area (Å²) in [5.41, 5.74) is 3.56. The molecule has 4 heteroatoms. The molecule has 0 saturated heterocycles. The fourth-order valence-corrected chi connectivity index (χ4v) is 1.89. The minimum Gasteiger partial charge on any atom is -0.334 e. The number of nitrogens with one attached hydrogen (secondary N) is 2. The number of aryl methyl sites for hydroxylation is 1. The van der Waals surface area contributed by atoms with E-state index in [1.54, 1.807) is 0 Å². The highest BCUT2D eigenvalue weighted by molar-refractivity contribution is 6.03. The van der Waals surface area contributed by atoms with E-state index in [0.717, 1.165) is 22.3 Å². The van der Waals surface area contributed by atoms with Crippen LogP contribution in [-0.4, -0.2) is 15.9 Å². The fraction of sp³-hybridized carbons (Fsp3) is 0.0667. The second-order valence-corrected chi connectivity index (χ2v) is 4.42. The molecule has 0 unspecified atom stereocenters. The molecule has 0 bridgehead atoms. The van der Waals surface area contributed by atoms with Crippen LogP contribution in [0.4, 0.5) is 5.69 Å². The second-order valence-electron chi connectivity index (χ2n) is 4.42. The summed E-state index contributed by atoms with van der Waals surface area (Å²) in [5.74, 6) is 0.0850. The Labute approximate surface area is 110 Å². The molecule has 0 fully saturated rings. The molecule has 3 aromatic rings. The van der Waals surface area contributed by atoms with Crippen molar-refractivity contribution in [2.75, 3.05) is 5.32 Å². The SMILES string of the molecule is Cc1ccc(NC(=O)c2nc3ccccc3[nH]2)cc1. The van der Waals surface area contributed by atoms with Gasteiger partial charge < -0.3 is 10.3 Å². The number of hydrogen-bond acceptors (Lipinski definition) is 2. The lowest BCUT2D eigenvalue weighted by Crippen LogP contribution is -2.13. The number of hydrogen-bond donors (Lipinski definition) is 2. The zero-order valence-electron chi connectivity index (χ0n) is 10.5. The Morgan fingerprint density at radius 2 is 1.84 bits per heavy atom. The van der Waals surface area contributed by atoms with Gasteiger partial charge in [0.2, 0.25) is 0 Å². The monoisotopic (exact) mass is 251 g/mol. The molecule has 0 aliphatic rings. The quantitative estimate of drug-likeness (QED) is 0.735. The van der Waals surface area contributed by atoms with Gasteiger partial charge in [-0.3, -0.25) is 4.79 Å². The Balaban J connectivity index is 1.85. The summed E-state index contributed by atoms with van der Waals surface area (Å²) in [4.78, 5) is 19.3. The number of aromatic amines is 1. The lowest BCUT2D eigenvalue weighted by Gasteiger charge is -2.02. The molecule has 3 rings (SSSR count). The standard InChI is InChI=1S/C15H13N3O/c1-10-6-8-11(9-7-10)16-15(19)14-17-12-4-2-3-5-13(12)18-14/h2-9H,1H3,(H,16,19)(H,17,18). The highest BCUT2D eigenvalue weighted by atomic mass is 16.2. The van der Waals surface area contributed by atoms with Gasteiger partial charge in [-0.25, -0.2) is 4.98 Å². The molecule has 0 spiro atoms. The number of carbonyl (C=O) groups is 1. The minimum atomic E-state index is -0.236. The number of amides is 1. The van der Waals surface area contributed by atoms with E-state index >= 15 is 0 Å². The number of imidazole rings is 1. The zero-order chi connectivity index (χ0) is 13.2. The lowest BCUT2D eigenvalue weighted by atomic mass is 10.2. The first-order chi connectivity index (χ1) is 9.22. The number of aromatic nitrogens is 2. The molecule has 0 aliphatic carbocycles. The molecular formula is C15H13N3O. The molecule has 19 heavy (non-hydrogen) atoms. The Morgan fingerprint density at radius 3 is 2.58 bits per heavy atom. The van der Waals surface area contributed by atoms with Crippen LogP contribution in [0.15, 0.2) is 48.5 Å². The van der Waals surface area contributed by atoms with Crippen molar-refractivity contribution in [3.05, 3.63) is 59.9 Å². The topological polar surface area (TPSA) is 57.8 Å². The lowest BCUT2D eigenvalue weighted by molar-refractivity contribution is 0.101. The fourth-order valence-electron chi connectivity index (χ4n) is 1.89. The first-order valence-corrected chi connectivity index (χ1v) is 6.05. The van der Waals surface area contributed by atoms with Crippen molar-refractivity contribution < 1.29 is 4.79 Å². The Hall–Kier alpha value is -2.62. The number of benzene rings is 2. The van der Waals surface area contributed by atoms with E-state index in [1.165, 1.54) is 0 Å². The summed E-state index contributed by atoms with van der Waals surface area (Å²) in [6, 6.07) is 15.2. The average molecular weight is 251 g/mol. The van der Waals surface area contributed by atoms with E-state index in [0.29, 0.717) is 5.82 Å². The largest absolute Gasteiger partial charge is 0.334 e. The van der Waals surface area contributed by atoms with Crippen LogP contribution in [0, 0.1) is 6.92 Å². The van der Waals surface area contributed by atoms with Gasteiger partial charge in [-0.1, -0.05) is 29.8 Å². The third-order valence-electron chi connectivity index (χ3n) is 2.91. The van der Waals surface area contributed by atoms with E-state index < -0.39 is 0 Å². The summed E-state index contributed by atoms with van der Waals surface area (Å²) >= 11 is 0. The number of anilines is 1. The summed E-state index contributed by atoms with van der Waals surface area (Å²) in [7, 11) is 0. The molecule has 0 atom stereocenters. The minimum absolute atomic E-state index is 0.236. The predicted molar refractivity (Wildman–Crippen MR) is 75.2 cm³/mol. The second kappa shape index (κ2) is 4.57. The van der Waals surface area contributed by atoms with E-state index in [1.807, 2.05) is 55.5 Å². The Morgan fingerprint density at radius 1 is 1.11 bits per heavy atom. The van der Waals surface area contributed by atoms with Crippen molar-refractivity contribution in [3.8, 4) is 0 Å². The maximum absolute atomic E-state index is 12.1. The molecule has 2 aromatic carbocycles. The van der Waals surface area contributed by atoms with E-state index in [-0.39, 0.29) is 5.91 Å². The van der Waals surface area contributed by atoms with Gasteiger partial charge in [0, 0.05) is 5.69 Å². The molecule has 0 saturated carbocycles. The molecule has 94 valence electrons. The third kappa shape index (κ3) is 2.33. The van der Waals surface area contributed by atoms with Gasteiger partial charge in [0.15, 0.2) is 5.82 Å². The van der Waals surface area contributed by atoms with Gasteiger partial charge in [0.25, 0.3) is 5.91 Å². The van der Waals surface area contributed by atoms with Crippen molar-refractivity contribution in [2.24, 2.45) is 0 Å². The average Bonchev–Trinajstić information content (AvgIpc) is 2.85. The molecule has 4 nitrogen and oxygen atoms in total. The first-order valence-electron chi connectivity index (χ1n) is 6.05. The molecule has 1 aromatic heterocycles. The normalized spacial score (nSPS) is 10.6. The molecule has 1 amide bonds. The summed E-state index contributed by atoms with van der Waals surface area (Å²) in [5, 5.41) is 2.81. The third-order valence-corrected chi connectivity index (χ3v) is 2.91. The summed E-state index contributed by atoms with van der Waals surface area (Å²) < 4.78 is 0. The van der Waals surface area contributed by atoms with Crippen LogP contribution in [0.2, 0.25) is 0 Å². The number of para-hydroxylation sites is 2. The molecule has 2 N–H and O–H groups in total. The van der Waals surface area contributed by atoms with E-state index in [9.17, 15) is 4.79 Å². The van der Waals surface area contributed by atoms with Crippen LogP contribution in [0.3, 0.4) is 0 Å². The Kier molecular flexibility index (Phi) is 2.76. The number of nitrogens with zero attached hydrogens (tertiary/aromatic N) is 1. The summed E-state index contributed by atoms with van der Waals surface area (Å²) in [6.45, 7) is 2.00. The van der Waals surface area contributed by atoms with Crippen LogP contribution in [0.5, 0.6) is 0 Å². The van der Waals surface area contributed by atoms with Gasteiger partial charge in [-0.05, 0) is 31.2 Å². The van der Waals surface area contributed by atoms with Crippen LogP contribution >= 0.6 is 0 Å². The van der Waals surface area contributed by atoms with Crippen molar-refractivity contribution in [1.82, 2.24) is 9.97 Å². The summed E-state index contributed by atoms with van der Waals surface area (Å²) in [6.07, 6.45) is 0. The maximum Gasteiger partial charge on any atom is 0.291 e. The van der Waals surface area contributed by atoms with Crippen molar-refractivity contribution in [2.45, 2.75) is 6.92 Å². The highest BCUT2D eigenvalue weighted by Gasteiger charge is 2.11. The van der Waals surface area contributed by atoms with Crippen molar-refractivity contribution >= 4 is 22.6 Å². The van der Waals surface area contributed by atoms with Gasteiger partial charge >= 0.3 is 0 Å². The van der Waals surface area contributed by atoms with E-state index in [2.05, 4.69) is 15.3 Å². The predicted octanol–water partition coefficient (Wildman–Crippen LogP) is 3.12. The molecule has 0 radical (unpaired) electrons. The maximum atomic E-state index is 12.1. The number of carbonyl (C=O) groups excluding carboxylic acids is 1. The van der Waals surface area contributed by atoms with Gasteiger partial charge in [-0.15, -0.1) is 0 Å². The van der Waals surface area contributed by atoms with Gasteiger partial charge in [-0.2, -0.15) is 0 Å². The van der Waals surface area contributed by atoms with Crippen LogP contribution in [0.1, 0.15) is 16.2 Å². The highest BCUT2D eigenvalue weighted by Crippen LogP contribution is 2.13. The molecular weight excluding hydrogens is 238 g/mol. The molecule has 1 heterocycles. The number of rotatable bonds is 2. The van der Waals surface area contributed by atoms with Crippen LogP contribution in [0.25, 0.3) is 11.0 Å². The van der Waals surface area contributed by atoms with Crippen molar-refractivity contribution in [1.29, 1.82) is 0 Å². The smallest absolute Gasteiger partial charge is 0.291 e.